The Bertz CT molecular complexity index is 272. The van der Waals surface area contributed by atoms with Crippen LogP contribution in [0.15, 0.2) is 18.2 Å². The molecule has 66 valence electrons. The van der Waals surface area contributed by atoms with Gasteiger partial charge in [0.05, 0.1) is 5.56 Å². The van der Waals surface area contributed by atoms with Crippen LogP contribution in [0, 0.1) is 5.82 Å². The van der Waals surface area contributed by atoms with Crippen molar-refractivity contribution >= 4 is 5.69 Å². The number of hydrogen-bond acceptors (Lipinski definition) is 1. The second kappa shape index (κ2) is 2.66. The molecule has 0 aliphatic heterocycles. The lowest BCUT2D eigenvalue weighted by Gasteiger charge is -2.06. The first kappa shape index (κ1) is 8.83. The van der Waals surface area contributed by atoms with Crippen molar-refractivity contribution in [3.05, 3.63) is 29.6 Å². The Kier molecular flexibility index (Phi) is 1.95. The second-order valence-corrected chi connectivity index (χ2v) is 2.27. The summed E-state index contributed by atoms with van der Waals surface area (Å²) in [6.45, 7) is 0. The standard InChI is InChI=1S/C7H5F4N/c8-5-1-4(7(9,10)11)2-6(12)3-5/h1-3H,12H2/i8-1. The van der Waals surface area contributed by atoms with E-state index in [-0.39, 0.29) is 5.69 Å². The highest BCUT2D eigenvalue weighted by Crippen LogP contribution is 2.30. The van der Waals surface area contributed by atoms with Crippen molar-refractivity contribution in [2.75, 3.05) is 5.73 Å². The monoisotopic (exact) mass is 178 g/mol. The number of alkyl halides is 3. The van der Waals surface area contributed by atoms with Crippen molar-refractivity contribution in [1.82, 2.24) is 0 Å². The van der Waals surface area contributed by atoms with Gasteiger partial charge in [-0.3, -0.25) is 0 Å². The molecule has 0 aliphatic carbocycles. The Labute approximate surface area is 65.8 Å². The van der Waals surface area contributed by atoms with Crippen LogP contribution < -0.4 is 5.73 Å². The Morgan fingerprint density at radius 1 is 1.08 bits per heavy atom. The highest BCUT2D eigenvalue weighted by Gasteiger charge is 2.31. The molecule has 1 nitrogen and oxygen atoms in total. The first-order valence-electron chi connectivity index (χ1n) is 3.03. The van der Waals surface area contributed by atoms with Gasteiger partial charge in [-0.2, -0.15) is 13.2 Å². The Morgan fingerprint density at radius 2 is 1.67 bits per heavy atom. The molecule has 1 aromatic rings. The molecule has 1 aromatic carbocycles. The Balaban J connectivity index is 3.18. The quantitative estimate of drug-likeness (QED) is 0.479. The average molecular weight is 178 g/mol. The second-order valence-electron chi connectivity index (χ2n) is 2.27. The van der Waals surface area contributed by atoms with Gasteiger partial charge in [-0.25, -0.2) is 4.39 Å². The van der Waals surface area contributed by atoms with Crippen LogP contribution in [0.25, 0.3) is 0 Å². The topological polar surface area (TPSA) is 26.0 Å². The van der Waals surface area contributed by atoms with Crippen LogP contribution in [0.3, 0.4) is 0 Å². The molecule has 0 spiro atoms. The van der Waals surface area contributed by atoms with Crippen LogP contribution in [0.5, 0.6) is 0 Å². The van der Waals surface area contributed by atoms with E-state index in [1.54, 1.807) is 0 Å². The normalized spacial score (nSPS) is 11.7. The molecule has 0 fully saturated rings. The molecular formula is C7H5F4N. The SMILES string of the molecule is Nc1cc([18F])cc(C(F)(F)F)c1. The van der Waals surface area contributed by atoms with E-state index in [1.807, 2.05) is 0 Å². The molecule has 0 aromatic heterocycles. The Hall–Kier alpha value is -1.26. The van der Waals surface area contributed by atoms with Gasteiger partial charge in [-0.1, -0.05) is 0 Å². The van der Waals surface area contributed by atoms with Gasteiger partial charge in [-0.05, 0) is 18.2 Å². The van der Waals surface area contributed by atoms with Gasteiger partial charge in [-0.15, -0.1) is 0 Å². The summed E-state index contributed by atoms with van der Waals surface area (Å²) in [5.74, 6) is -0.984. The molecule has 2 N–H and O–H groups in total. The minimum absolute atomic E-state index is 0.234. The molecule has 0 amide bonds. The summed E-state index contributed by atoms with van der Waals surface area (Å²) in [6, 6.07) is 1.91. The van der Waals surface area contributed by atoms with Crippen LogP contribution in [-0.2, 0) is 6.18 Å². The lowest BCUT2D eigenvalue weighted by Crippen LogP contribution is -2.06. The molecule has 0 heterocycles. The molecule has 0 radical (unpaired) electrons. The van der Waals surface area contributed by atoms with Gasteiger partial charge >= 0.3 is 6.18 Å². The Morgan fingerprint density at radius 3 is 2.08 bits per heavy atom. The van der Waals surface area contributed by atoms with Gasteiger partial charge < -0.3 is 5.73 Å². The maximum atomic E-state index is 12.4. The fraction of sp³-hybridized carbons (Fsp3) is 0.143. The fourth-order valence-electron chi connectivity index (χ4n) is 0.776. The molecule has 0 atom stereocenters. The highest BCUT2D eigenvalue weighted by molar-refractivity contribution is 5.42. The molecule has 0 saturated carbocycles. The predicted octanol–water partition coefficient (Wildman–Crippen LogP) is 2.43. The molecule has 0 unspecified atom stereocenters. The van der Waals surface area contributed by atoms with E-state index in [0.29, 0.717) is 12.1 Å². The molecule has 12 heavy (non-hydrogen) atoms. The lowest BCUT2D eigenvalue weighted by atomic mass is 10.2. The van der Waals surface area contributed by atoms with E-state index in [0.717, 1.165) is 6.07 Å². The summed E-state index contributed by atoms with van der Waals surface area (Å²) in [5.41, 5.74) is 3.71. The summed E-state index contributed by atoms with van der Waals surface area (Å²) in [6.07, 6.45) is -4.55. The molecule has 5 heteroatoms. The minimum Gasteiger partial charge on any atom is -0.399 e. The first-order valence-corrected chi connectivity index (χ1v) is 3.03. The van der Waals surface area contributed by atoms with E-state index < -0.39 is 17.6 Å². The summed E-state index contributed by atoms with van der Waals surface area (Å²) in [4.78, 5) is 0. The number of benzene rings is 1. The van der Waals surface area contributed by atoms with Crippen LogP contribution in [0.2, 0.25) is 0 Å². The number of halogens is 4. The third-order valence-electron chi connectivity index (χ3n) is 1.25. The highest BCUT2D eigenvalue weighted by atomic mass is 19.4. The van der Waals surface area contributed by atoms with Gasteiger partial charge in [0.25, 0.3) is 0 Å². The van der Waals surface area contributed by atoms with Crippen molar-refractivity contribution in [1.29, 1.82) is 0 Å². The zero-order chi connectivity index (χ0) is 9.35. The van der Waals surface area contributed by atoms with Gasteiger partial charge in [0.15, 0.2) is 0 Å². The molecular weight excluding hydrogens is 173 g/mol. The molecule has 0 saturated heterocycles. The lowest BCUT2D eigenvalue weighted by molar-refractivity contribution is -0.137. The van der Waals surface area contributed by atoms with Crippen LogP contribution >= 0.6 is 0 Å². The third-order valence-corrected chi connectivity index (χ3v) is 1.25. The van der Waals surface area contributed by atoms with Crippen molar-refractivity contribution < 1.29 is 17.6 Å². The fourth-order valence-corrected chi connectivity index (χ4v) is 0.776. The summed E-state index contributed by atoms with van der Waals surface area (Å²) >= 11 is 0. The van der Waals surface area contributed by atoms with E-state index >= 15 is 0 Å². The van der Waals surface area contributed by atoms with E-state index in [9.17, 15) is 17.6 Å². The van der Waals surface area contributed by atoms with Crippen molar-refractivity contribution in [3.8, 4) is 0 Å². The summed E-state index contributed by atoms with van der Waals surface area (Å²) in [5, 5.41) is 0. The van der Waals surface area contributed by atoms with Crippen LogP contribution in [-0.4, -0.2) is 0 Å². The average Bonchev–Trinajstić information content (AvgIpc) is 1.82. The number of hydrogen-bond donors (Lipinski definition) is 1. The van der Waals surface area contributed by atoms with Crippen molar-refractivity contribution in [2.45, 2.75) is 6.18 Å². The molecule has 0 aliphatic rings. The van der Waals surface area contributed by atoms with Crippen molar-refractivity contribution in [3.63, 3.8) is 0 Å². The smallest absolute Gasteiger partial charge is 0.399 e. The van der Waals surface area contributed by atoms with Crippen molar-refractivity contribution in [2.24, 2.45) is 0 Å². The molecule has 1 rings (SSSR count). The number of anilines is 1. The van der Waals surface area contributed by atoms with Crippen LogP contribution in [0.4, 0.5) is 23.2 Å². The van der Waals surface area contributed by atoms with Gasteiger partial charge in [0.1, 0.15) is 5.82 Å². The van der Waals surface area contributed by atoms with Crippen LogP contribution in [0.1, 0.15) is 5.56 Å². The van der Waals surface area contributed by atoms with Gasteiger partial charge in [0, 0.05) is 5.69 Å². The number of nitrogens with two attached hydrogens (primary N) is 1. The summed E-state index contributed by atoms with van der Waals surface area (Å²) < 4.78 is 48.2. The zero-order valence-corrected chi connectivity index (χ0v) is 5.82. The van der Waals surface area contributed by atoms with Gasteiger partial charge in [0.2, 0.25) is 0 Å². The largest absolute Gasteiger partial charge is 0.416 e. The van der Waals surface area contributed by atoms with E-state index in [2.05, 4.69) is 0 Å². The first-order chi connectivity index (χ1) is 5.39. The minimum atomic E-state index is -4.55. The van der Waals surface area contributed by atoms with E-state index in [4.69, 9.17) is 5.73 Å². The maximum absolute atomic E-state index is 12.4. The predicted molar refractivity (Wildman–Crippen MR) is 35.8 cm³/mol. The maximum Gasteiger partial charge on any atom is 0.416 e. The summed E-state index contributed by atoms with van der Waals surface area (Å²) in [7, 11) is 0. The molecule has 0 bridgehead atoms. The number of nitrogen functional groups attached to an aromatic ring is 1. The van der Waals surface area contributed by atoms with E-state index in [1.165, 1.54) is 0 Å². The number of rotatable bonds is 0. The third kappa shape index (κ3) is 1.87. The zero-order valence-electron chi connectivity index (χ0n) is 5.82.